The molecule has 2 aliphatic rings. The van der Waals surface area contributed by atoms with Crippen LogP contribution in [-0.4, -0.2) is 6.04 Å². The van der Waals surface area contributed by atoms with E-state index in [1.165, 1.54) is 49.8 Å². The number of aryl methyl sites for hydroxylation is 1. The van der Waals surface area contributed by atoms with Gasteiger partial charge in [-0.3, -0.25) is 0 Å². The van der Waals surface area contributed by atoms with Crippen LogP contribution in [-0.2, 0) is 6.42 Å². The van der Waals surface area contributed by atoms with Gasteiger partial charge in [0, 0.05) is 24.1 Å². The first-order valence-corrected chi connectivity index (χ1v) is 7.46. The van der Waals surface area contributed by atoms with E-state index in [0.717, 1.165) is 6.42 Å². The van der Waals surface area contributed by atoms with Crippen molar-refractivity contribution in [1.82, 2.24) is 5.32 Å². The Bertz CT molecular complexity index is 407. The fourth-order valence-electron chi connectivity index (χ4n) is 3.78. The first kappa shape index (κ1) is 12.3. The minimum atomic E-state index is 0.518. The van der Waals surface area contributed by atoms with E-state index < -0.39 is 0 Å². The molecule has 1 fully saturated rings. The van der Waals surface area contributed by atoms with Crippen LogP contribution in [0.5, 0.6) is 0 Å². The molecule has 2 atom stereocenters. The Balaban J connectivity index is 1.67. The van der Waals surface area contributed by atoms with Crippen molar-refractivity contribution >= 4 is 0 Å². The lowest BCUT2D eigenvalue weighted by molar-refractivity contribution is 0.185. The van der Waals surface area contributed by atoms with Gasteiger partial charge in [0.2, 0.25) is 0 Å². The van der Waals surface area contributed by atoms with Crippen molar-refractivity contribution in [3.63, 3.8) is 0 Å². The normalized spacial score (nSPS) is 31.0. The monoisotopic (exact) mass is 247 g/mol. The summed E-state index contributed by atoms with van der Waals surface area (Å²) in [5, 5.41) is 3.90. The van der Waals surface area contributed by atoms with Crippen molar-refractivity contribution in [2.75, 3.05) is 0 Å². The van der Waals surface area contributed by atoms with E-state index >= 15 is 0 Å². The van der Waals surface area contributed by atoms with E-state index in [2.05, 4.69) is 25.2 Å². The van der Waals surface area contributed by atoms with Gasteiger partial charge in [-0.15, -0.1) is 0 Å². The lowest BCUT2D eigenvalue weighted by Gasteiger charge is -2.38. The van der Waals surface area contributed by atoms with Gasteiger partial charge in [-0.05, 0) is 43.6 Å². The Morgan fingerprint density at radius 2 is 2.17 bits per heavy atom. The molecule has 18 heavy (non-hydrogen) atoms. The van der Waals surface area contributed by atoms with Crippen molar-refractivity contribution in [2.45, 2.75) is 70.9 Å². The van der Waals surface area contributed by atoms with Gasteiger partial charge in [-0.1, -0.05) is 20.3 Å². The SMILES string of the molecule is CC1(C)CCCC(NC2CCCc3occc32)C1. The highest BCUT2D eigenvalue weighted by Crippen LogP contribution is 2.37. The zero-order chi connectivity index (χ0) is 12.6. The van der Waals surface area contributed by atoms with Crippen LogP contribution >= 0.6 is 0 Å². The Morgan fingerprint density at radius 1 is 1.28 bits per heavy atom. The predicted octanol–water partition coefficient (Wildman–Crippen LogP) is 4.22. The first-order valence-electron chi connectivity index (χ1n) is 7.46. The van der Waals surface area contributed by atoms with E-state index in [1.807, 2.05) is 6.26 Å². The maximum atomic E-state index is 5.58. The molecule has 1 saturated carbocycles. The van der Waals surface area contributed by atoms with Crippen molar-refractivity contribution in [2.24, 2.45) is 5.41 Å². The van der Waals surface area contributed by atoms with Crippen LogP contribution in [0.25, 0.3) is 0 Å². The molecular formula is C16H25NO. The van der Waals surface area contributed by atoms with Crippen LogP contribution in [0.1, 0.15) is 69.7 Å². The van der Waals surface area contributed by atoms with Crippen LogP contribution in [0.3, 0.4) is 0 Å². The van der Waals surface area contributed by atoms with Crippen molar-refractivity contribution in [3.05, 3.63) is 23.7 Å². The second kappa shape index (κ2) is 4.73. The Kier molecular flexibility index (Phi) is 3.23. The number of nitrogens with one attached hydrogen (secondary N) is 1. The third-order valence-electron chi connectivity index (χ3n) is 4.69. The largest absolute Gasteiger partial charge is 0.469 e. The second-order valence-corrected chi connectivity index (χ2v) is 6.87. The van der Waals surface area contributed by atoms with Crippen molar-refractivity contribution in [1.29, 1.82) is 0 Å². The molecule has 0 spiro atoms. The lowest BCUT2D eigenvalue weighted by Crippen LogP contribution is -2.40. The van der Waals surface area contributed by atoms with Crippen LogP contribution < -0.4 is 5.32 Å². The van der Waals surface area contributed by atoms with Crippen LogP contribution in [0, 0.1) is 5.41 Å². The highest BCUT2D eigenvalue weighted by molar-refractivity contribution is 5.24. The summed E-state index contributed by atoms with van der Waals surface area (Å²) in [7, 11) is 0. The maximum absolute atomic E-state index is 5.58. The smallest absolute Gasteiger partial charge is 0.108 e. The molecule has 1 N–H and O–H groups in total. The second-order valence-electron chi connectivity index (χ2n) is 6.87. The quantitative estimate of drug-likeness (QED) is 0.846. The van der Waals surface area contributed by atoms with Gasteiger partial charge in [-0.25, -0.2) is 0 Å². The highest BCUT2D eigenvalue weighted by atomic mass is 16.3. The molecule has 0 bridgehead atoms. The molecule has 1 aromatic rings. The Morgan fingerprint density at radius 3 is 3.00 bits per heavy atom. The topological polar surface area (TPSA) is 25.2 Å². The molecule has 1 heterocycles. The van der Waals surface area contributed by atoms with E-state index in [0.29, 0.717) is 17.5 Å². The third-order valence-corrected chi connectivity index (χ3v) is 4.69. The number of hydrogen-bond acceptors (Lipinski definition) is 2. The van der Waals surface area contributed by atoms with E-state index in [4.69, 9.17) is 4.42 Å². The van der Waals surface area contributed by atoms with E-state index in [1.54, 1.807) is 0 Å². The third kappa shape index (κ3) is 2.49. The van der Waals surface area contributed by atoms with Gasteiger partial charge < -0.3 is 9.73 Å². The van der Waals surface area contributed by atoms with Gasteiger partial charge in [0.25, 0.3) is 0 Å². The Hall–Kier alpha value is -0.760. The van der Waals surface area contributed by atoms with E-state index in [9.17, 15) is 0 Å². The standard InChI is InChI=1S/C16H25NO/c1-16(2)9-4-5-12(11-16)17-14-6-3-7-15-13(14)8-10-18-15/h8,10,12,14,17H,3-7,9,11H2,1-2H3. The lowest BCUT2D eigenvalue weighted by atomic mass is 9.74. The summed E-state index contributed by atoms with van der Waals surface area (Å²) in [5.41, 5.74) is 1.94. The van der Waals surface area contributed by atoms with Gasteiger partial charge in [0.1, 0.15) is 5.76 Å². The molecule has 3 rings (SSSR count). The number of furan rings is 1. The van der Waals surface area contributed by atoms with Gasteiger partial charge in [0.05, 0.1) is 6.26 Å². The fraction of sp³-hybridized carbons (Fsp3) is 0.750. The summed E-state index contributed by atoms with van der Waals surface area (Å²) in [6.07, 6.45) is 10.9. The minimum absolute atomic E-state index is 0.518. The molecule has 1 aromatic heterocycles. The fourth-order valence-corrected chi connectivity index (χ4v) is 3.78. The predicted molar refractivity (Wildman–Crippen MR) is 73.6 cm³/mol. The zero-order valence-electron chi connectivity index (χ0n) is 11.7. The summed E-state index contributed by atoms with van der Waals surface area (Å²) >= 11 is 0. The summed E-state index contributed by atoms with van der Waals surface area (Å²) in [5.74, 6) is 1.22. The van der Waals surface area contributed by atoms with Crippen LogP contribution in [0.4, 0.5) is 0 Å². The molecule has 2 unspecified atom stereocenters. The molecule has 0 amide bonds. The maximum Gasteiger partial charge on any atom is 0.108 e. The molecule has 2 nitrogen and oxygen atoms in total. The molecule has 0 radical (unpaired) electrons. The molecule has 0 saturated heterocycles. The Labute approximate surface area is 110 Å². The minimum Gasteiger partial charge on any atom is -0.469 e. The van der Waals surface area contributed by atoms with Gasteiger partial charge >= 0.3 is 0 Å². The zero-order valence-corrected chi connectivity index (χ0v) is 11.7. The molecule has 2 aliphatic carbocycles. The number of hydrogen-bond donors (Lipinski definition) is 1. The molecule has 2 heteroatoms. The first-order chi connectivity index (χ1) is 8.64. The summed E-state index contributed by atoms with van der Waals surface area (Å²) in [4.78, 5) is 0. The summed E-state index contributed by atoms with van der Waals surface area (Å²) in [6.45, 7) is 4.82. The number of rotatable bonds is 2. The average molecular weight is 247 g/mol. The average Bonchev–Trinajstić information content (AvgIpc) is 2.77. The summed E-state index contributed by atoms with van der Waals surface area (Å²) in [6, 6.07) is 3.39. The molecule has 0 aliphatic heterocycles. The highest BCUT2D eigenvalue weighted by Gasteiger charge is 2.31. The molecular weight excluding hydrogens is 222 g/mol. The van der Waals surface area contributed by atoms with Crippen LogP contribution in [0.2, 0.25) is 0 Å². The van der Waals surface area contributed by atoms with Crippen molar-refractivity contribution in [3.8, 4) is 0 Å². The van der Waals surface area contributed by atoms with E-state index in [-0.39, 0.29) is 0 Å². The van der Waals surface area contributed by atoms with Crippen molar-refractivity contribution < 1.29 is 4.42 Å². The summed E-state index contributed by atoms with van der Waals surface area (Å²) < 4.78 is 5.58. The molecule has 100 valence electrons. The number of fused-ring (bicyclic) bond motifs is 1. The van der Waals surface area contributed by atoms with Gasteiger partial charge in [0.15, 0.2) is 0 Å². The van der Waals surface area contributed by atoms with Crippen LogP contribution in [0.15, 0.2) is 16.7 Å². The van der Waals surface area contributed by atoms with Gasteiger partial charge in [-0.2, -0.15) is 0 Å². The molecule has 0 aromatic carbocycles.